The number of aromatic nitrogens is 4. The third kappa shape index (κ3) is 3.48. The summed E-state index contributed by atoms with van der Waals surface area (Å²) >= 11 is 0. The molecule has 1 N–H and O–H groups in total. The number of piperazine rings is 1. The van der Waals surface area contributed by atoms with E-state index in [9.17, 15) is 14.0 Å². The summed E-state index contributed by atoms with van der Waals surface area (Å²) in [6.45, 7) is 2.18. The number of H-pyrrole nitrogens is 1. The second-order valence-corrected chi connectivity index (χ2v) is 7.61. The van der Waals surface area contributed by atoms with Gasteiger partial charge in [-0.15, -0.1) is 0 Å². The van der Waals surface area contributed by atoms with Gasteiger partial charge in [-0.2, -0.15) is 9.50 Å². The van der Waals surface area contributed by atoms with E-state index in [0.717, 1.165) is 18.5 Å². The molecule has 1 aliphatic heterocycles. The standard InChI is InChI=1S/C20H21FN6O2/c21-15-4-2-1-3-14(15)11-17(28)25-7-9-26(10-8-25)20-23-19-22-16(13-5-6-13)12-18(29)27(19)24-20/h1-4,12-13H,5-11H2,(H,22,23,24). The first kappa shape index (κ1) is 17.8. The number of rotatable bonds is 4. The van der Waals surface area contributed by atoms with E-state index < -0.39 is 0 Å². The van der Waals surface area contributed by atoms with Gasteiger partial charge in [-0.3, -0.25) is 14.7 Å². The fourth-order valence-corrected chi connectivity index (χ4v) is 3.70. The molecule has 2 aromatic heterocycles. The van der Waals surface area contributed by atoms with Crippen LogP contribution in [0.4, 0.5) is 10.3 Å². The highest BCUT2D eigenvalue weighted by atomic mass is 19.1. The van der Waals surface area contributed by atoms with Crippen LogP contribution in [0.25, 0.3) is 5.78 Å². The molecule has 9 heteroatoms. The highest BCUT2D eigenvalue weighted by Gasteiger charge is 2.27. The summed E-state index contributed by atoms with van der Waals surface area (Å²) < 4.78 is 15.1. The Morgan fingerprint density at radius 3 is 2.62 bits per heavy atom. The molecule has 29 heavy (non-hydrogen) atoms. The van der Waals surface area contributed by atoms with Gasteiger partial charge in [-0.05, 0) is 24.5 Å². The molecule has 1 amide bonds. The Balaban J connectivity index is 1.27. The van der Waals surface area contributed by atoms with Crippen LogP contribution in [0, 0.1) is 5.82 Å². The summed E-state index contributed by atoms with van der Waals surface area (Å²) in [5, 5.41) is 3.01. The van der Waals surface area contributed by atoms with E-state index in [1.807, 2.05) is 4.90 Å². The molecular weight excluding hydrogens is 375 g/mol. The number of nitrogens with one attached hydrogen (secondary N) is 1. The van der Waals surface area contributed by atoms with Crippen LogP contribution in [0.2, 0.25) is 0 Å². The molecule has 8 nitrogen and oxygen atoms in total. The predicted molar refractivity (Wildman–Crippen MR) is 104 cm³/mol. The average molecular weight is 396 g/mol. The average Bonchev–Trinajstić information content (AvgIpc) is 3.49. The van der Waals surface area contributed by atoms with Gasteiger partial charge in [0.05, 0.1) is 12.1 Å². The second-order valence-electron chi connectivity index (χ2n) is 7.61. The third-order valence-electron chi connectivity index (χ3n) is 5.57. The van der Waals surface area contributed by atoms with E-state index in [1.165, 1.54) is 10.6 Å². The fraction of sp³-hybridized carbons (Fsp3) is 0.400. The Hall–Kier alpha value is -3.23. The zero-order valence-electron chi connectivity index (χ0n) is 15.8. The molecule has 0 unspecified atom stereocenters. The van der Waals surface area contributed by atoms with Crippen molar-refractivity contribution >= 4 is 17.6 Å². The molecule has 3 heterocycles. The predicted octanol–water partition coefficient (Wildman–Crippen LogP) is 1.33. The van der Waals surface area contributed by atoms with Crippen LogP contribution in [0.5, 0.6) is 0 Å². The minimum absolute atomic E-state index is 0.0561. The molecule has 150 valence electrons. The van der Waals surface area contributed by atoms with Crippen LogP contribution in [0.1, 0.15) is 30.0 Å². The van der Waals surface area contributed by atoms with Crippen LogP contribution >= 0.6 is 0 Å². The van der Waals surface area contributed by atoms with Crippen LogP contribution in [-0.2, 0) is 11.2 Å². The minimum Gasteiger partial charge on any atom is -0.339 e. The van der Waals surface area contributed by atoms with Crippen molar-refractivity contribution in [3.8, 4) is 0 Å². The zero-order valence-corrected chi connectivity index (χ0v) is 15.8. The largest absolute Gasteiger partial charge is 0.339 e. The quantitative estimate of drug-likeness (QED) is 0.719. The Morgan fingerprint density at radius 1 is 1.14 bits per heavy atom. The molecule has 1 aliphatic carbocycles. The maximum Gasteiger partial charge on any atom is 0.274 e. The number of fused-ring (bicyclic) bond motifs is 1. The van der Waals surface area contributed by atoms with Crippen molar-refractivity contribution in [2.45, 2.75) is 25.2 Å². The molecule has 0 spiro atoms. The zero-order chi connectivity index (χ0) is 20.0. The van der Waals surface area contributed by atoms with Crippen molar-refractivity contribution in [1.82, 2.24) is 24.5 Å². The topological polar surface area (TPSA) is 86.6 Å². The first-order valence-corrected chi connectivity index (χ1v) is 9.84. The summed E-state index contributed by atoms with van der Waals surface area (Å²) in [6.07, 6.45) is 2.20. The van der Waals surface area contributed by atoms with E-state index in [1.54, 1.807) is 29.2 Å². The Labute approximate surface area is 166 Å². The van der Waals surface area contributed by atoms with Crippen LogP contribution in [0.15, 0.2) is 35.1 Å². The van der Waals surface area contributed by atoms with Gasteiger partial charge in [0, 0.05) is 38.2 Å². The van der Waals surface area contributed by atoms with Gasteiger partial charge in [0.15, 0.2) is 0 Å². The van der Waals surface area contributed by atoms with Gasteiger partial charge in [-0.1, -0.05) is 18.2 Å². The summed E-state index contributed by atoms with van der Waals surface area (Å²) in [6, 6.07) is 7.93. The summed E-state index contributed by atoms with van der Waals surface area (Å²) in [7, 11) is 0. The fourth-order valence-electron chi connectivity index (χ4n) is 3.70. The van der Waals surface area contributed by atoms with E-state index in [-0.39, 0.29) is 23.7 Å². The van der Waals surface area contributed by atoms with Crippen molar-refractivity contribution in [2.24, 2.45) is 0 Å². The molecule has 2 fully saturated rings. The van der Waals surface area contributed by atoms with Gasteiger partial charge in [0.25, 0.3) is 11.3 Å². The van der Waals surface area contributed by atoms with E-state index in [0.29, 0.717) is 49.4 Å². The SMILES string of the molecule is O=C(Cc1ccccc1F)N1CCN(c2nc3nc(C4CC4)cc(=O)n3[nH]2)CC1. The number of amides is 1. The minimum atomic E-state index is -0.356. The highest BCUT2D eigenvalue weighted by molar-refractivity contribution is 5.79. The number of carbonyl (C=O) groups excluding carboxylic acids is 1. The normalized spacial score (nSPS) is 17.1. The number of anilines is 1. The van der Waals surface area contributed by atoms with Gasteiger partial charge in [0.1, 0.15) is 5.82 Å². The van der Waals surface area contributed by atoms with Crippen molar-refractivity contribution in [3.05, 3.63) is 57.8 Å². The lowest BCUT2D eigenvalue weighted by Crippen LogP contribution is -2.49. The summed E-state index contributed by atoms with van der Waals surface area (Å²) in [4.78, 5) is 37.6. The summed E-state index contributed by atoms with van der Waals surface area (Å²) in [5.74, 6) is 0.893. The first-order chi connectivity index (χ1) is 14.1. The molecule has 0 atom stereocenters. The van der Waals surface area contributed by atoms with Gasteiger partial charge in [0.2, 0.25) is 11.9 Å². The molecule has 1 aromatic carbocycles. The highest BCUT2D eigenvalue weighted by Crippen LogP contribution is 2.38. The molecule has 1 saturated carbocycles. The molecule has 1 saturated heterocycles. The van der Waals surface area contributed by atoms with Crippen molar-refractivity contribution in [2.75, 3.05) is 31.1 Å². The van der Waals surface area contributed by atoms with Gasteiger partial charge in [-0.25, -0.2) is 9.37 Å². The van der Waals surface area contributed by atoms with Crippen LogP contribution in [0.3, 0.4) is 0 Å². The van der Waals surface area contributed by atoms with E-state index in [2.05, 4.69) is 15.1 Å². The van der Waals surface area contributed by atoms with Crippen LogP contribution in [-0.4, -0.2) is 56.6 Å². The Kier molecular flexibility index (Phi) is 4.30. The molecular formula is C20H21FN6O2. The summed E-state index contributed by atoms with van der Waals surface area (Å²) in [5.41, 5.74) is 1.07. The number of halogens is 1. The molecule has 0 bridgehead atoms. The lowest BCUT2D eigenvalue weighted by molar-refractivity contribution is -0.130. The monoisotopic (exact) mass is 396 g/mol. The van der Waals surface area contributed by atoms with Crippen LogP contribution < -0.4 is 10.5 Å². The molecule has 2 aliphatic rings. The van der Waals surface area contributed by atoms with Gasteiger partial charge < -0.3 is 9.80 Å². The number of nitrogens with zero attached hydrogens (tertiary/aromatic N) is 5. The maximum atomic E-state index is 13.8. The van der Waals surface area contributed by atoms with E-state index in [4.69, 9.17) is 0 Å². The van der Waals surface area contributed by atoms with Crippen molar-refractivity contribution in [3.63, 3.8) is 0 Å². The number of carbonyl (C=O) groups is 1. The smallest absolute Gasteiger partial charge is 0.274 e. The first-order valence-electron chi connectivity index (χ1n) is 9.84. The second kappa shape index (κ2) is 6.98. The Bertz CT molecular complexity index is 1130. The molecule has 5 rings (SSSR count). The van der Waals surface area contributed by atoms with Crippen molar-refractivity contribution < 1.29 is 9.18 Å². The van der Waals surface area contributed by atoms with E-state index >= 15 is 0 Å². The number of benzene rings is 1. The number of aromatic amines is 1. The molecule has 0 radical (unpaired) electrons. The lowest BCUT2D eigenvalue weighted by Gasteiger charge is -2.34. The third-order valence-corrected chi connectivity index (χ3v) is 5.57. The lowest BCUT2D eigenvalue weighted by atomic mass is 10.1. The maximum absolute atomic E-state index is 13.8. The van der Waals surface area contributed by atoms with Crippen molar-refractivity contribution in [1.29, 1.82) is 0 Å². The Morgan fingerprint density at radius 2 is 1.90 bits per heavy atom. The van der Waals surface area contributed by atoms with Gasteiger partial charge >= 0.3 is 0 Å². The number of hydrogen-bond acceptors (Lipinski definition) is 5. The number of hydrogen-bond donors (Lipinski definition) is 1. The molecule has 3 aromatic rings.